The summed E-state index contributed by atoms with van der Waals surface area (Å²) in [5.41, 5.74) is 2.96. The Labute approximate surface area is 111 Å². The van der Waals surface area contributed by atoms with Crippen molar-refractivity contribution in [2.45, 2.75) is 6.92 Å². The topological polar surface area (TPSA) is 42.9 Å². The first-order chi connectivity index (χ1) is 9.25. The summed E-state index contributed by atoms with van der Waals surface area (Å²) in [5.74, 6) is -0.0673. The fraction of sp³-hybridized carbons (Fsp3) is 0.0625. The number of benzene rings is 1. The van der Waals surface area contributed by atoms with Crippen molar-refractivity contribution in [3.63, 3.8) is 0 Å². The van der Waals surface area contributed by atoms with E-state index in [0.29, 0.717) is 11.3 Å². The number of hydrogen-bond acceptors (Lipinski definition) is 3. The van der Waals surface area contributed by atoms with Crippen LogP contribution in [0.5, 0.6) is 0 Å². The molecule has 0 aliphatic rings. The van der Waals surface area contributed by atoms with Gasteiger partial charge in [0.1, 0.15) is 5.69 Å². The van der Waals surface area contributed by atoms with E-state index in [1.165, 1.54) is 0 Å². The average Bonchev–Trinajstić information content (AvgIpc) is 2.46. The number of carbonyl (C=O) groups is 1. The maximum Gasteiger partial charge on any atom is 0.212 e. The van der Waals surface area contributed by atoms with Crippen molar-refractivity contribution in [3.8, 4) is 0 Å². The molecule has 0 radical (unpaired) electrons. The molecule has 0 spiro atoms. The molecule has 0 bridgehead atoms. The normalized spacial score (nSPS) is 10.6. The summed E-state index contributed by atoms with van der Waals surface area (Å²) in [7, 11) is 0. The number of nitrogens with zero attached hydrogens (tertiary/aromatic N) is 2. The minimum Gasteiger partial charge on any atom is -0.287 e. The van der Waals surface area contributed by atoms with Crippen molar-refractivity contribution in [1.82, 2.24) is 9.97 Å². The average molecular weight is 248 g/mol. The van der Waals surface area contributed by atoms with Gasteiger partial charge in [-0.25, -0.2) is 0 Å². The SMILES string of the molecule is Cc1ccnc(C(=O)c2cccc3ncccc23)c1. The Balaban J connectivity index is 2.17. The van der Waals surface area contributed by atoms with Crippen LogP contribution in [0.4, 0.5) is 0 Å². The minimum atomic E-state index is -0.0673. The monoisotopic (exact) mass is 248 g/mol. The van der Waals surface area contributed by atoms with Gasteiger partial charge in [-0.1, -0.05) is 18.2 Å². The van der Waals surface area contributed by atoms with Gasteiger partial charge in [0.05, 0.1) is 5.52 Å². The molecule has 0 aliphatic carbocycles. The van der Waals surface area contributed by atoms with E-state index in [2.05, 4.69) is 9.97 Å². The molecular formula is C16H12N2O. The molecule has 3 rings (SSSR count). The van der Waals surface area contributed by atoms with Gasteiger partial charge in [0.2, 0.25) is 5.78 Å². The lowest BCUT2D eigenvalue weighted by Crippen LogP contribution is -2.05. The Morgan fingerprint density at radius 3 is 2.74 bits per heavy atom. The number of rotatable bonds is 2. The molecule has 3 aromatic rings. The number of pyridine rings is 2. The first-order valence-electron chi connectivity index (χ1n) is 6.07. The third kappa shape index (κ3) is 2.10. The van der Waals surface area contributed by atoms with Crippen LogP contribution in [-0.2, 0) is 0 Å². The molecule has 0 aliphatic heterocycles. The third-order valence-electron chi connectivity index (χ3n) is 3.04. The smallest absolute Gasteiger partial charge is 0.212 e. The van der Waals surface area contributed by atoms with E-state index in [1.54, 1.807) is 18.5 Å². The Morgan fingerprint density at radius 1 is 1.00 bits per heavy atom. The molecule has 1 aromatic carbocycles. The largest absolute Gasteiger partial charge is 0.287 e. The van der Waals surface area contributed by atoms with Gasteiger partial charge in [0, 0.05) is 23.3 Å². The van der Waals surface area contributed by atoms with Crippen LogP contribution in [0, 0.1) is 6.92 Å². The van der Waals surface area contributed by atoms with Crippen LogP contribution in [0.3, 0.4) is 0 Å². The number of aryl methyl sites for hydroxylation is 1. The highest BCUT2D eigenvalue weighted by Gasteiger charge is 2.13. The molecule has 0 N–H and O–H groups in total. The zero-order chi connectivity index (χ0) is 13.2. The van der Waals surface area contributed by atoms with Crippen molar-refractivity contribution in [1.29, 1.82) is 0 Å². The summed E-state index contributed by atoms with van der Waals surface area (Å²) < 4.78 is 0. The van der Waals surface area contributed by atoms with Crippen molar-refractivity contribution >= 4 is 16.7 Å². The zero-order valence-corrected chi connectivity index (χ0v) is 10.5. The van der Waals surface area contributed by atoms with Crippen LogP contribution in [0.2, 0.25) is 0 Å². The van der Waals surface area contributed by atoms with Crippen LogP contribution in [0.1, 0.15) is 21.6 Å². The summed E-state index contributed by atoms with van der Waals surface area (Å²) in [6.45, 7) is 1.95. The molecule has 92 valence electrons. The fourth-order valence-corrected chi connectivity index (χ4v) is 2.10. The van der Waals surface area contributed by atoms with Crippen LogP contribution < -0.4 is 0 Å². The van der Waals surface area contributed by atoms with Gasteiger partial charge in [0.15, 0.2) is 0 Å². The quantitative estimate of drug-likeness (QED) is 0.654. The Morgan fingerprint density at radius 2 is 1.89 bits per heavy atom. The first kappa shape index (κ1) is 11.5. The molecule has 0 amide bonds. The lowest BCUT2D eigenvalue weighted by molar-refractivity contribution is 0.103. The molecule has 3 heteroatoms. The summed E-state index contributed by atoms with van der Waals surface area (Å²) >= 11 is 0. The van der Waals surface area contributed by atoms with Gasteiger partial charge in [-0.15, -0.1) is 0 Å². The van der Waals surface area contributed by atoms with E-state index in [9.17, 15) is 4.79 Å². The molecule has 0 unspecified atom stereocenters. The summed E-state index contributed by atoms with van der Waals surface area (Å²) in [4.78, 5) is 20.9. The zero-order valence-electron chi connectivity index (χ0n) is 10.5. The van der Waals surface area contributed by atoms with E-state index in [1.807, 2.05) is 43.3 Å². The van der Waals surface area contributed by atoms with Gasteiger partial charge in [-0.05, 0) is 36.8 Å². The molecule has 0 saturated carbocycles. The number of hydrogen-bond donors (Lipinski definition) is 0. The predicted octanol–water partition coefficient (Wildman–Crippen LogP) is 3.17. The van der Waals surface area contributed by atoms with Crippen LogP contribution in [0.15, 0.2) is 54.9 Å². The molecule has 0 atom stereocenters. The van der Waals surface area contributed by atoms with E-state index in [-0.39, 0.29) is 5.78 Å². The standard InChI is InChI=1S/C16H12N2O/c1-11-7-9-18-15(10-11)16(19)13-4-2-6-14-12(13)5-3-8-17-14/h2-10H,1H3. The second kappa shape index (κ2) is 4.61. The second-order valence-corrected chi connectivity index (χ2v) is 4.42. The predicted molar refractivity (Wildman–Crippen MR) is 74.1 cm³/mol. The van der Waals surface area contributed by atoms with Crippen molar-refractivity contribution in [2.75, 3.05) is 0 Å². The van der Waals surface area contributed by atoms with Gasteiger partial charge < -0.3 is 0 Å². The van der Waals surface area contributed by atoms with E-state index >= 15 is 0 Å². The molecule has 0 fully saturated rings. The second-order valence-electron chi connectivity index (χ2n) is 4.42. The summed E-state index contributed by atoms with van der Waals surface area (Å²) in [5, 5.41) is 0.860. The minimum absolute atomic E-state index is 0.0673. The lowest BCUT2D eigenvalue weighted by Gasteiger charge is -2.05. The first-order valence-corrected chi connectivity index (χ1v) is 6.07. The van der Waals surface area contributed by atoms with E-state index in [0.717, 1.165) is 16.5 Å². The van der Waals surface area contributed by atoms with Crippen LogP contribution in [-0.4, -0.2) is 15.8 Å². The number of aromatic nitrogens is 2. The number of carbonyl (C=O) groups excluding carboxylic acids is 1. The van der Waals surface area contributed by atoms with Crippen LogP contribution in [0.25, 0.3) is 10.9 Å². The fourth-order valence-electron chi connectivity index (χ4n) is 2.10. The van der Waals surface area contributed by atoms with Gasteiger partial charge in [-0.2, -0.15) is 0 Å². The lowest BCUT2D eigenvalue weighted by atomic mass is 10.0. The molecular weight excluding hydrogens is 236 g/mol. The highest BCUT2D eigenvalue weighted by atomic mass is 16.1. The Hall–Kier alpha value is -2.55. The van der Waals surface area contributed by atoms with Crippen LogP contribution >= 0.6 is 0 Å². The molecule has 2 heterocycles. The van der Waals surface area contributed by atoms with E-state index < -0.39 is 0 Å². The van der Waals surface area contributed by atoms with Gasteiger partial charge in [0.25, 0.3) is 0 Å². The van der Waals surface area contributed by atoms with Crippen molar-refractivity contribution in [3.05, 3.63) is 71.7 Å². The maximum absolute atomic E-state index is 12.5. The number of ketones is 1. The molecule has 3 nitrogen and oxygen atoms in total. The van der Waals surface area contributed by atoms with Gasteiger partial charge in [-0.3, -0.25) is 14.8 Å². The molecule has 19 heavy (non-hydrogen) atoms. The summed E-state index contributed by atoms with van der Waals surface area (Å²) in [6, 6.07) is 13.0. The Bertz CT molecular complexity index is 760. The third-order valence-corrected chi connectivity index (χ3v) is 3.04. The number of fused-ring (bicyclic) bond motifs is 1. The van der Waals surface area contributed by atoms with Crippen molar-refractivity contribution in [2.24, 2.45) is 0 Å². The Kier molecular flexibility index (Phi) is 2.80. The maximum atomic E-state index is 12.5. The summed E-state index contributed by atoms with van der Waals surface area (Å²) in [6.07, 6.45) is 3.38. The molecule has 0 saturated heterocycles. The molecule has 2 aromatic heterocycles. The van der Waals surface area contributed by atoms with E-state index in [4.69, 9.17) is 0 Å². The highest BCUT2D eigenvalue weighted by molar-refractivity contribution is 6.15. The highest BCUT2D eigenvalue weighted by Crippen LogP contribution is 2.19. The van der Waals surface area contributed by atoms with Crippen molar-refractivity contribution < 1.29 is 4.79 Å². The van der Waals surface area contributed by atoms with Gasteiger partial charge >= 0.3 is 0 Å².